The molecule has 0 unspecified atom stereocenters. The monoisotopic (exact) mass is 408 g/mol. The molecule has 0 aromatic heterocycles. The Hall–Kier alpha value is -3.12. The van der Waals surface area contributed by atoms with E-state index in [4.69, 9.17) is 0 Å². The minimum atomic E-state index is -3.78. The molecule has 0 fully saturated rings. The Kier molecular flexibility index (Phi) is 6.03. The maximum Gasteiger partial charge on any atom is 0.264 e. The molecule has 3 aromatic carbocycles. The van der Waals surface area contributed by atoms with Gasteiger partial charge in [0.2, 0.25) is 0 Å². The van der Waals surface area contributed by atoms with Crippen molar-refractivity contribution in [1.29, 1.82) is 0 Å². The van der Waals surface area contributed by atoms with Crippen LogP contribution in [0.15, 0.2) is 77.7 Å². The van der Waals surface area contributed by atoms with Gasteiger partial charge in [0.05, 0.1) is 10.6 Å². The molecule has 0 bridgehead atoms. The second-order valence-electron chi connectivity index (χ2n) is 7.01. The Bertz CT molecular complexity index is 1120. The molecule has 0 atom stereocenters. The van der Waals surface area contributed by atoms with Crippen LogP contribution in [-0.4, -0.2) is 21.4 Å². The molecule has 3 rings (SSSR count). The van der Waals surface area contributed by atoms with Gasteiger partial charge < -0.3 is 5.32 Å². The van der Waals surface area contributed by atoms with Crippen LogP contribution in [-0.2, 0) is 16.6 Å². The van der Waals surface area contributed by atoms with Crippen LogP contribution >= 0.6 is 0 Å². The van der Waals surface area contributed by atoms with E-state index < -0.39 is 10.0 Å². The predicted molar refractivity (Wildman–Crippen MR) is 116 cm³/mol. The number of nitrogens with one attached hydrogen (secondary N) is 1. The lowest BCUT2D eigenvalue weighted by atomic mass is 10.1. The number of amides is 1. The fourth-order valence-electron chi connectivity index (χ4n) is 2.91. The topological polar surface area (TPSA) is 66.5 Å². The average molecular weight is 409 g/mol. The molecule has 0 spiro atoms. The molecule has 0 heterocycles. The van der Waals surface area contributed by atoms with Crippen molar-refractivity contribution in [2.24, 2.45) is 0 Å². The Morgan fingerprint density at radius 2 is 1.59 bits per heavy atom. The highest BCUT2D eigenvalue weighted by Crippen LogP contribution is 2.23. The van der Waals surface area contributed by atoms with E-state index in [-0.39, 0.29) is 10.8 Å². The molecule has 0 aliphatic heterocycles. The summed E-state index contributed by atoms with van der Waals surface area (Å²) in [4.78, 5) is 12.6. The van der Waals surface area contributed by atoms with Crippen LogP contribution in [0.2, 0.25) is 0 Å². The first kappa shape index (κ1) is 20.6. The highest BCUT2D eigenvalue weighted by Gasteiger charge is 2.22. The van der Waals surface area contributed by atoms with Gasteiger partial charge in [-0.3, -0.25) is 9.10 Å². The molecule has 5 nitrogen and oxygen atoms in total. The molecule has 1 amide bonds. The molecular formula is C23H24N2O3S. The van der Waals surface area contributed by atoms with Gasteiger partial charge in [-0.1, -0.05) is 48.0 Å². The molecule has 6 heteroatoms. The lowest BCUT2D eigenvalue weighted by Crippen LogP contribution is -2.27. The van der Waals surface area contributed by atoms with Gasteiger partial charge in [-0.05, 0) is 55.3 Å². The van der Waals surface area contributed by atoms with E-state index in [2.05, 4.69) is 5.32 Å². The van der Waals surface area contributed by atoms with Crippen LogP contribution < -0.4 is 9.62 Å². The largest absolute Gasteiger partial charge is 0.348 e. The van der Waals surface area contributed by atoms with E-state index in [9.17, 15) is 13.2 Å². The van der Waals surface area contributed by atoms with Crippen LogP contribution in [0.5, 0.6) is 0 Å². The molecule has 0 saturated carbocycles. The first-order valence-corrected chi connectivity index (χ1v) is 10.7. The molecule has 150 valence electrons. The van der Waals surface area contributed by atoms with Gasteiger partial charge in [-0.2, -0.15) is 0 Å². The Labute approximate surface area is 172 Å². The van der Waals surface area contributed by atoms with E-state index in [1.807, 2.05) is 50.2 Å². The zero-order valence-electron chi connectivity index (χ0n) is 16.7. The Balaban J connectivity index is 1.78. The number of sulfonamides is 1. The zero-order valence-corrected chi connectivity index (χ0v) is 17.5. The number of aryl methyl sites for hydroxylation is 2. The highest BCUT2D eigenvalue weighted by molar-refractivity contribution is 7.92. The van der Waals surface area contributed by atoms with Gasteiger partial charge in [0.1, 0.15) is 0 Å². The lowest BCUT2D eigenvalue weighted by Gasteiger charge is -2.20. The molecule has 0 saturated heterocycles. The number of hydrogen-bond donors (Lipinski definition) is 1. The second-order valence-corrected chi connectivity index (χ2v) is 8.98. The number of carbonyl (C=O) groups is 1. The fourth-order valence-corrected chi connectivity index (χ4v) is 4.14. The smallest absolute Gasteiger partial charge is 0.264 e. The summed E-state index contributed by atoms with van der Waals surface area (Å²) in [5, 5.41) is 2.83. The molecule has 0 aliphatic rings. The lowest BCUT2D eigenvalue weighted by molar-refractivity contribution is 0.0950. The van der Waals surface area contributed by atoms with E-state index in [1.165, 1.54) is 23.5 Å². The van der Waals surface area contributed by atoms with E-state index in [0.717, 1.165) is 16.7 Å². The van der Waals surface area contributed by atoms with Crippen LogP contribution in [0.3, 0.4) is 0 Å². The zero-order chi connectivity index (χ0) is 21.0. The summed E-state index contributed by atoms with van der Waals surface area (Å²) < 4.78 is 27.3. The number of hydrogen-bond acceptors (Lipinski definition) is 3. The number of carbonyl (C=O) groups excluding carboxylic acids is 1. The van der Waals surface area contributed by atoms with Crippen molar-refractivity contribution in [3.63, 3.8) is 0 Å². The maximum atomic E-state index is 13.0. The minimum absolute atomic E-state index is 0.0736. The van der Waals surface area contributed by atoms with E-state index in [0.29, 0.717) is 17.8 Å². The van der Waals surface area contributed by atoms with Crippen molar-refractivity contribution >= 4 is 21.6 Å². The van der Waals surface area contributed by atoms with Gasteiger partial charge in [0, 0.05) is 19.2 Å². The third kappa shape index (κ3) is 4.84. The van der Waals surface area contributed by atoms with Crippen LogP contribution in [0, 0.1) is 13.8 Å². The maximum absolute atomic E-state index is 13.0. The van der Waals surface area contributed by atoms with Crippen LogP contribution in [0.25, 0.3) is 0 Å². The summed E-state index contributed by atoms with van der Waals surface area (Å²) in [6.07, 6.45) is 0. The number of anilines is 1. The van der Waals surface area contributed by atoms with Crippen molar-refractivity contribution in [2.45, 2.75) is 25.3 Å². The van der Waals surface area contributed by atoms with Crippen molar-refractivity contribution in [1.82, 2.24) is 5.32 Å². The van der Waals surface area contributed by atoms with E-state index >= 15 is 0 Å². The van der Waals surface area contributed by atoms with Gasteiger partial charge in [-0.15, -0.1) is 0 Å². The summed E-state index contributed by atoms with van der Waals surface area (Å²) in [6.45, 7) is 4.28. The normalized spacial score (nSPS) is 11.1. The molecule has 1 N–H and O–H groups in total. The highest BCUT2D eigenvalue weighted by atomic mass is 32.2. The minimum Gasteiger partial charge on any atom is -0.348 e. The number of rotatable bonds is 6. The first-order valence-electron chi connectivity index (χ1n) is 9.27. The predicted octanol–water partition coefficient (Wildman–Crippen LogP) is 4.06. The fraction of sp³-hybridized carbons (Fsp3) is 0.174. The van der Waals surface area contributed by atoms with Gasteiger partial charge in [0.25, 0.3) is 15.9 Å². The third-order valence-corrected chi connectivity index (χ3v) is 6.48. The van der Waals surface area contributed by atoms with Crippen LogP contribution in [0.1, 0.15) is 27.0 Å². The molecule has 0 aliphatic carbocycles. The standard InChI is InChI=1S/C23H24N2O3S/c1-17-10-12-19(13-11-17)16-24-23(26)20-7-5-9-22(15-20)29(27,28)25(3)21-8-4-6-18(2)14-21/h4-15H,16H2,1-3H3,(H,24,26). The van der Waals surface area contributed by atoms with Crippen molar-refractivity contribution in [3.8, 4) is 0 Å². The van der Waals surface area contributed by atoms with Crippen molar-refractivity contribution in [2.75, 3.05) is 11.4 Å². The molecule has 29 heavy (non-hydrogen) atoms. The summed E-state index contributed by atoms with van der Waals surface area (Å²) in [5.74, 6) is -0.319. The second kappa shape index (κ2) is 8.49. The van der Waals surface area contributed by atoms with Crippen LogP contribution in [0.4, 0.5) is 5.69 Å². The first-order chi connectivity index (χ1) is 13.8. The third-order valence-electron chi connectivity index (χ3n) is 4.69. The van der Waals surface area contributed by atoms with E-state index in [1.54, 1.807) is 24.3 Å². The average Bonchev–Trinajstić information content (AvgIpc) is 2.72. The van der Waals surface area contributed by atoms with Gasteiger partial charge in [-0.25, -0.2) is 8.42 Å². The van der Waals surface area contributed by atoms with Gasteiger partial charge in [0.15, 0.2) is 0 Å². The Morgan fingerprint density at radius 3 is 2.28 bits per heavy atom. The van der Waals surface area contributed by atoms with Gasteiger partial charge >= 0.3 is 0 Å². The number of nitrogens with zero attached hydrogens (tertiary/aromatic N) is 1. The molecule has 0 radical (unpaired) electrons. The summed E-state index contributed by atoms with van der Waals surface area (Å²) >= 11 is 0. The van der Waals surface area contributed by atoms with Crippen molar-refractivity contribution in [3.05, 3.63) is 95.1 Å². The summed E-state index contributed by atoms with van der Waals surface area (Å²) in [5.41, 5.74) is 3.96. The Morgan fingerprint density at radius 1 is 0.897 bits per heavy atom. The SMILES string of the molecule is Cc1ccc(CNC(=O)c2cccc(S(=O)(=O)N(C)c3cccc(C)c3)c2)cc1. The number of benzene rings is 3. The van der Waals surface area contributed by atoms with Crippen molar-refractivity contribution < 1.29 is 13.2 Å². The quantitative estimate of drug-likeness (QED) is 0.669. The molecular weight excluding hydrogens is 384 g/mol. The summed E-state index contributed by atoms with van der Waals surface area (Å²) in [6, 6.07) is 21.2. The molecule has 3 aromatic rings. The summed E-state index contributed by atoms with van der Waals surface area (Å²) in [7, 11) is -2.28.